The maximum absolute atomic E-state index is 9.58. The van der Waals surface area contributed by atoms with Gasteiger partial charge in [-0.15, -0.1) is 0 Å². The molecule has 0 atom stereocenters. The van der Waals surface area contributed by atoms with E-state index >= 15 is 0 Å². The van der Waals surface area contributed by atoms with Gasteiger partial charge in [0.1, 0.15) is 0 Å². The molecule has 9 nitrogen and oxygen atoms in total. The number of nitro groups is 2. The molecule has 0 spiro atoms. The average molecular weight is 259 g/mol. The van der Waals surface area contributed by atoms with E-state index in [9.17, 15) is 25.4 Å². The van der Waals surface area contributed by atoms with E-state index in [1.54, 1.807) is 0 Å². The summed E-state index contributed by atoms with van der Waals surface area (Å²) in [6.07, 6.45) is 0. The van der Waals surface area contributed by atoms with Crippen LogP contribution in [0.1, 0.15) is 0 Å². The number of nitrogens with zero attached hydrogens (tertiary/aromatic N) is 3. The fourth-order valence-electron chi connectivity index (χ4n) is 0.206. The molecule has 0 unspecified atom stereocenters. The quantitative estimate of drug-likeness (QED) is 0.110. The molecule has 0 aromatic carbocycles. The van der Waals surface area contributed by atoms with E-state index < -0.39 is 20.7 Å². The van der Waals surface area contributed by atoms with Crippen LogP contribution in [-0.4, -0.2) is 25.9 Å². The predicted molar refractivity (Wildman–Crippen MR) is 24.4 cm³/mol. The van der Waals surface area contributed by atoms with Gasteiger partial charge in [-0.3, -0.25) is 0 Å². The average Bonchev–Trinajstić information content (AvgIpc) is 1.59. The first-order valence-corrected chi connectivity index (χ1v) is 1.78. The molecule has 0 bridgehead atoms. The Morgan fingerprint density at radius 3 is 1.36 bits per heavy atom. The summed E-state index contributed by atoms with van der Waals surface area (Å²) in [5, 5.41) is 36.3. The minimum Gasteiger partial charge on any atom is -0.407 e. The smallest absolute Gasteiger partial charge is 0.407 e. The van der Waals surface area contributed by atoms with Gasteiger partial charge in [-0.05, 0) is 0 Å². The SMILES string of the molecule is O=[N+]([O-])C([N+](=O)[O-])=[N+]([O-])O.[Ag]. The van der Waals surface area contributed by atoms with Crippen molar-refractivity contribution in [2.75, 3.05) is 0 Å². The molecule has 0 heterocycles. The van der Waals surface area contributed by atoms with Crippen molar-refractivity contribution in [1.29, 1.82) is 0 Å². The first kappa shape index (κ1) is 12.5. The zero-order chi connectivity index (χ0) is 8.31. The molecular weight excluding hydrogens is 258 g/mol. The Kier molecular flexibility index (Phi) is 5.22. The number of hydrogen-bond acceptors (Lipinski definition) is 6. The third kappa shape index (κ3) is 3.50. The molecule has 10 heteroatoms. The van der Waals surface area contributed by atoms with Crippen molar-refractivity contribution < 1.29 is 42.3 Å². The van der Waals surface area contributed by atoms with Crippen molar-refractivity contribution in [2.45, 2.75) is 0 Å². The Bertz CT molecular complexity index is 190. The van der Waals surface area contributed by atoms with Gasteiger partial charge in [-0.25, -0.2) is 25.4 Å². The molecule has 0 aliphatic rings. The molecule has 0 saturated heterocycles. The Morgan fingerprint density at radius 2 is 1.36 bits per heavy atom. The molecule has 0 aliphatic carbocycles. The summed E-state index contributed by atoms with van der Waals surface area (Å²) < 4.78 is 0. The Balaban J connectivity index is 0. The number of guanidine groups is 1. The molecule has 0 saturated carbocycles. The van der Waals surface area contributed by atoms with Gasteiger partial charge in [-0.2, -0.15) is 0 Å². The molecule has 11 heavy (non-hydrogen) atoms. The molecule has 0 rings (SSSR count). The van der Waals surface area contributed by atoms with Crippen molar-refractivity contribution in [3.63, 3.8) is 0 Å². The normalized spacial score (nSPS) is 7.64. The van der Waals surface area contributed by atoms with E-state index in [0.29, 0.717) is 0 Å². The molecule has 1 radical (unpaired) electrons. The molecule has 0 aromatic heterocycles. The zero-order valence-electron chi connectivity index (χ0n) is 4.63. The second kappa shape index (κ2) is 4.60. The zero-order valence-corrected chi connectivity index (χ0v) is 6.11. The molecule has 1 N–H and O–H groups in total. The summed E-state index contributed by atoms with van der Waals surface area (Å²) in [5.41, 5.74) is 0. The summed E-state index contributed by atoms with van der Waals surface area (Å²) in [5.74, 6) is -2.03. The topological polar surface area (TPSA) is 133 Å². The van der Waals surface area contributed by atoms with Gasteiger partial charge < -0.3 is 5.21 Å². The van der Waals surface area contributed by atoms with Gasteiger partial charge in [0.15, 0.2) is 4.90 Å². The van der Waals surface area contributed by atoms with E-state index in [4.69, 9.17) is 5.21 Å². The molecule has 0 amide bonds. The first-order chi connectivity index (χ1) is 4.46. The van der Waals surface area contributed by atoms with E-state index in [0.717, 1.165) is 0 Å². The summed E-state index contributed by atoms with van der Waals surface area (Å²) in [7, 11) is 0. The van der Waals surface area contributed by atoms with Gasteiger partial charge in [-0.1, -0.05) is 0 Å². The maximum atomic E-state index is 9.58. The van der Waals surface area contributed by atoms with Crippen molar-refractivity contribution in [1.82, 2.24) is 0 Å². The minimum atomic E-state index is -2.03. The van der Waals surface area contributed by atoms with Crippen LogP contribution in [0.2, 0.25) is 0 Å². The minimum absolute atomic E-state index is 0. The number of rotatable bonds is 0. The van der Waals surface area contributed by atoms with Crippen LogP contribution in [0.25, 0.3) is 0 Å². The standard InChI is InChI=1S/CHN3O6.Ag/c5-2(6)1(3(7)8)4(9)10;/h(H,5,6);. The fourth-order valence-corrected chi connectivity index (χ4v) is 0.206. The van der Waals surface area contributed by atoms with E-state index in [2.05, 4.69) is 0 Å². The monoisotopic (exact) mass is 258 g/mol. The molecule has 0 aromatic rings. The van der Waals surface area contributed by atoms with Gasteiger partial charge in [0.2, 0.25) is 9.85 Å². The van der Waals surface area contributed by atoms with E-state index in [1.165, 1.54) is 0 Å². The van der Waals surface area contributed by atoms with Crippen LogP contribution in [0.4, 0.5) is 0 Å². The van der Waals surface area contributed by atoms with Gasteiger partial charge in [0.25, 0.3) is 0 Å². The molecule has 0 aliphatic heterocycles. The predicted octanol–water partition coefficient (Wildman–Crippen LogP) is -1.21. The molecule has 67 valence electrons. The fraction of sp³-hybridized carbons (Fsp3) is 0. The summed E-state index contributed by atoms with van der Waals surface area (Å²) in [6.45, 7) is 0. The van der Waals surface area contributed by atoms with Crippen molar-refractivity contribution in [3.05, 3.63) is 25.4 Å². The summed E-state index contributed by atoms with van der Waals surface area (Å²) in [6, 6.07) is 0. The Hall–Kier alpha value is -1.19. The number of hydrogen-bond donors (Lipinski definition) is 1. The van der Waals surface area contributed by atoms with Gasteiger partial charge >= 0.3 is 5.96 Å². The Labute approximate surface area is 74.3 Å². The Morgan fingerprint density at radius 1 is 1.09 bits per heavy atom. The second-order valence-electron chi connectivity index (χ2n) is 1.09. The van der Waals surface area contributed by atoms with Gasteiger partial charge in [0, 0.05) is 22.4 Å². The summed E-state index contributed by atoms with van der Waals surface area (Å²) in [4.78, 5) is 14.4. The van der Waals surface area contributed by atoms with Crippen molar-refractivity contribution in [2.24, 2.45) is 0 Å². The second-order valence-corrected chi connectivity index (χ2v) is 1.09. The molecule has 0 fully saturated rings. The molecular formula is CHAgN3O6. The van der Waals surface area contributed by atoms with Crippen LogP contribution in [-0.2, 0) is 22.4 Å². The van der Waals surface area contributed by atoms with E-state index in [-0.39, 0.29) is 22.4 Å². The van der Waals surface area contributed by atoms with E-state index in [1.807, 2.05) is 0 Å². The van der Waals surface area contributed by atoms with Crippen molar-refractivity contribution in [3.8, 4) is 0 Å². The summed E-state index contributed by atoms with van der Waals surface area (Å²) >= 11 is 0. The van der Waals surface area contributed by atoms with Crippen LogP contribution in [0, 0.1) is 25.4 Å². The maximum Gasteiger partial charge on any atom is 0.866 e. The van der Waals surface area contributed by atoms with Crippen LogP contribution in [0.5, 0.6) is 0 Å². The van der Waals surface area contributed by atoms with Crippen LogP contribution in [0.15, 0.2) is 0 Å². The van der Waals surface area contributed by atoms with Crippen LogP contribution in [0.3, 0.4) is 0 Å². The first-order valence-electron chi connectivity index (χ1n) is 1.78. The van der Waals surface area contributed by atoms with Gasteiger partial charge in [0.05, 0.1) is 0 Å². The van der Waals surface area contributed by atoms with Crippen LogP contribution < -0.4 is 0 Å². The third-order valence-electron chi connectivity index (χ3n) is 0.498. The largest absolute Gasteiger partial charge is 0.866 e. The third-order valence-corrected chi connectivity index (χ3v) is 0.498. The van der Waals surface area contributed by atoms with Crippen molar-refractivity contribution >= 4 is 5.96 Å². The van der Waals surface area contributed by atoms with Crippen LogP contribution >= 0.6 is 0 Å².